The molecule has 0 bridgehead atoms. The molecule has 2 N–H and O–H groups in total. The third-order valence-electron chi connectivity index (χ3n) is 3.88. The highest BCUT2D eigenvalue weighted by molar-refractivity contribution is 7.14. The number of nitrogens with one attached hydrogen (secondary N) is 2. The molecule has 2 rings (SSSR count). The second kappa shape index (κ2) is 9.42. The summed E-state index contributed by atoms with van der Waals surface area (Å²) in [6, 6.07) is 4.56. The summed E-state index contributed by atoms with van der Waals surface area (Å²) in [5.41, 5.74) is 0.442. The molecule has 0 aliphatic carbocycles. The maximum Gasteiger partial charge on any atom is 0.414 e. The Labute approximate surface area is 172 Å². The number of Topliss-reactive ketones (excluding diaryl/α,β-unsaturated/α-hetero) is 1. The zero-order valence-electron chi connectivity index (χ0n) is 16.7. The van der Waals surface area contributed by atoms with Gasteiger partial charge in [-0.3, -0.25) is 24.7 Å². The Morgan fingerprint density at radius 1 is 1.14 bits per heavy atom. The average Bonchev–Trinajstić information content (AvgIpc) is 3.09. The molecule has 0 atom stereocenters. The highest BCUT2D eigenvalue weighted by Gasteiger charge is 2.22. The highest BCUT2D eigenvalue weighted by Crippen LogP contribution is 2.24. The van der Waals surface area contributed by atoms with Crippen LogP contribution in [0.1, 0.15) is 54.1 Å². The van der Waals surface area contributed by atoms with Gasteiger partial charge in [0.05, 0.1) is 12.2 Å². The van der Waals surface area contributed by atoms with Gasteiger partial charge in [-0.25, -0.2) is 4.79 Å². The van der Waals surface area contributed by atoms with Gasteiger partial charge in [0.25, 0.3) is 11.8 Å². The van der Waals surface area contributed by atoms with Crippen molar-refractivity contribution in [3.8, 4) is 0 Å². The second-order valence-electron chi connectivity index (χ2n) is 7.18. The molecule has 2 aromatic heterocycles. The van der Waals surface area contributed by atoms with E-state index in [-0.39, 0.29) is 24.4 Å². The first kappa shape index (κ1) is 22.2. The number of hydrogen-bond acceptors (Lipinski definition) is 7. The Morgan fingerprint density at radius 3 is 2.52 bits per heavy atom. The molecule has 0 unspecified atom stereocenters. The quantitative estimate of drug-likeness (QED) is 0.744. The summed E-state index contributed by atoms with van der Waals surface area (Å²) in [6.07, 6.45) is 0.725. The fourth-order valence-corrected chi connectivity index (χ4v) is 3.01. The zero-order valence-corrected chi connectivity index (χ0v) is 17.5. The predicted octanol–water partition coefficient (Wildman–Crippen LogP) is 3.44. The maximum absolute atomic E-state index is 12.6. The molecule has 0 saturated heterocycles. The fraction of sp³-hybridized carbons (Fsp3) is 0.350. The van der Waals surface area contributed by atoms with Gasteiger partial charge in [0.1, 0.15) is 10.8 Å². The number of anilines is 1. The van der Waals surface area contributed by atoms with Crippen LogP contribution >= 0.6 is 11.3 Å². The van der Waals surface area contributed by atoms with E-state index in [9.17, 15) is 19.2 Å². The third-order valence-corrected chi connectivity index (χ3v) is 4.71. The summed E-state index contributed by atoms with van der Waals surface area (Å²) in [7, 11) is 0. The summed E-state index contributed by atoms with van der Waals surface area (Å²) in [5, 5.41) is 6.66. The van der Waals surface area contributed by atoms with Crippen LogP contribution < -0.4 is 10.6 Å². The van der Waals surface area contributed by atoms with E-state index >= 15 is 0 Å². The number of carbonyl (C=O) groups is 4. The van der Waals surface area contributed by atoms with Crippen LogP contribution in [-0.4, -0.2) is 35.3 Å². The Hall–Kier alpha value is -3.07. The van der Waals surface area contributed by atoms with E-state index in [0.29, 0.717) is 16.3 Å². The summed E-state index contributed by atoms with van der Waals surface area (Å²) in [6.45, 7) is 7.23. The van der Waals surface area contributed by atoms with Crippen LogP contribution in [0.5, 0.6) is 0 Å². The molecule has 0 aliphatic rings. The molecule has 0 aromatic carbocycles. The number of carbonyl (C=O) groups excluding carboxylic acids is 4. The molecular weight excluding hydrogens is 394 g/mol. The third kappa shape index (κ3) is 6.21. The van der Waals surface area contributed by atoms with E-state index in [1.54, 1.807) is 18.4 Å². The van der Waals surface area contributed by atoms with Gasteiger partial charge in [-0.05, 0) is 30.5 Å². The molecule has 9 heteroatoms. The summed E-state index contributed by atoms with van der Waals surface area (Å²) in [4.78, 5) is 52.6. The lowest BCUT2D eigenvalue weighted by Gasteiger charge is -2.16. The average molecular weight is 417 g/mol. The first-order chi connectivity index (χ1) is 13.6. The van der Waals surface area contributed by atoms with Crippen molar-refractivity contribution in [3.05, 3.63) is 46.6 Å². The summed E-state index contributed by atoms with van der Waals surface area (Å²) < 4.78 is 4.68. The normalized spacial score (nSPS) is 10.9. The van der Waals surface area contributed by atoms with Crippen molar-refractivity contribution in [3.63, 3.8) is 0 Å². The first-order valence-corrected chi connectivity index (χ1v) is 9.85. The van der Waals surface area contributed by atoms with Gasteiger partial charge in [-0.15, -0.1) is 11.3 Å². The lowest BCUT2D eigenvalue weighted by atomic mass is 9.88. The van der Waals surface area contributed by atoms with Gasteiger partial charge >= 0.3 is 6.09 Å². The second-order valence-corrected chi connectivity index (χ2v) is 8.09. The number of thiophene rings is 1. The van der Waals surface area contributed by atoms with E-state index in [1.807, 2.05) is 20.8 Å². The van der Waals surface area contributed by atoms with Crippen molar-refractivity contribution >= 4 is 40.0 Å². The molecule has 0 saturated carbocycles. The topological polar surface area (TPSA) is 114 Å². The Bertz CT molecular complexity index is 930. The van der Waals surface area contributed by atoms with Gasteiger partial charge in [0.15, 0.2) is 0 Å². The number of alkyl carbamates (subject to hydrolysis) is 1. The van der Waals surface area contributed by atoms with Crippen molar-refractivity contribution in [2.24, 2.45) is 5.41 Å². The monoisotopic (exact) mass is 417 g/mol. The molecule has 154 valence electrons. The number of aromatic nitrogens is 1. The molecule has 29 heavy (non-hydrogen) atoms. The van der Waals surface area contributed by atoms with E-state index in [4.69, 9.17) is 0 Å². The van der Waals surface area contributed by atoms with Crippen LogP contribution in [0.15, 0.2) is 29.8 Å². The molecule has 3 amide bonds. The number of rotatable bonds is 6. The highest BCUT2D eigenvalue weighted by atomic mass is 32.1. The molecule has 2 aromatic rings. The zero-order chi connectivity index (χ0) is 21.6. The fourth-order valence-electron chi connectivity index (χ4n) is 2.23. The largest absolute Gasteiger partial charge is 0.450 e. The minimum absolute atomic E-state index is 0.0127. The minimum atomic E-state index is -0.858. The summed E-state index contributed by atoms with van der Waals surface area (Å²) in [5.74, 6) is -1.12. The maximum atomic E-state index is 12.6. The Morgan fingerprint density at radius 2 is 1.86 bits per heavy atom. The standard InChI is InChI=1S/C20H23N3O5S/c1-5-28-19(27)23-17(26)14-7-9-29-18(14)22-16(25)12-6-8-21-13(10-12)11-15(24)20(2,3)4/h6-10H,5,11H2,1-4H3,(H,22,25)(H,23,26,27). The molecule has 0 fully saturated rings. The van der Waals surface area contributed by atoms with Crippen molar-refractivity contribution < 1.29 is 23.9 Å². The van der Waals surface area contributed by atoms with Crippen LogP contribution in [0.4, 0.5) is 9.80 Å². The number of ketones is 1. The van der Waals surface area contributed by atoms with E-state index in [2.05, 4.69) is 20.4 Å². The van der Waals surface area contributed by atoms with Crippen LogP contribution in [0.25, 0.3) is 0 Å². The van der Waals surface area contributed by atoms with Crippen molar-refractivity contribution in [1.82, 2.24) is 10.3 Å². The van der Waals surface area contributed by atoms with Crippen molar-refractivity contribution in [2.45, 2.75) is 34.1 Å². The Kier molecular flexibility index (Phi) is 7.22. The van der Waals surface area contributed by atoms with Gasteiger partial charge in [0, 0.05) is 29.3 Å². The molecule has 8 nitrogen and oxygen atoms in total. The van der Waals surface area contributed by atoms with E-state index in [1.165, 1.54) is 18.3 Å². The lowest BCUT2D eigenvalue weighted by Crippen LogP contribution is -2.31. The van der Waals surface area contributed by atoms with E-state index < -0.39 is 23.3 Å². The van der Waals surface area contributed by atoms with Gasteiger partial charge in [0.2, 0.25) is 0 Å². The molecule has 2 heterocycles. The first-order valence-electron chi connectivity index (χ1n) is 8.97. The van der Waals surface area contributed by atoms with Gasteiger partial charge in [-0.1, -0.05) is 20.8 Å². The smallest absolute Gasteiger partial charge is 0.414 e. The van der Waals surface area contributed by atoms with Crippen LogP contribution in [-0.2, 0) is 16.0 Å². The number of nitrogens with zero attached hydrogens (tertiary/aromatic N) is 1. The predicted molar refractivity (Wildman–Crippen MR) is 109 cm³/mol. The minimum Gasteiger partial charge on any atom is -0.450 e. The molecule has 0 radical (unpaired) electrons. The number of amides is 3. The van der Waals surface area contributed by atoms with E-state index in [0.717, 1.165) is 11.3 Å². The van der Waals surface area contributed by atoms with Crippen LogP contribution in [0.2, 0.25) is 0 Å². The number of imide groups is 1. The Balaban J connectivity index is 2.11. The van der Waals surface area contributed by atoms with Crippen molar-refractivity contribution in [1.29, 1.82) is 0 Å². The van der Waals surface area contributed by atoms with Gasteiger partial charge < -0.3 is 10.1 Å². The number of ether oxygens (including phenoxy) is 1. The molecule has 0 aliphatic heterocycles. The molecule has 0 spiro atoms. The lowest BCUT2D eigenvalue weighted by molar-refractivity contribution is -0.125. The van der Waals surface area contributed by atoms with Crippen LogP contribution in [0.3, 0.4) is 0 Å². The number of pyridine rings is 1. The molecular formula is C20H23N3O5S. The SMILES string of the molecule is CCOC(=O)NC(=O)c1ccsc1NC(=O)c1ccnc(CC(=O)C(C)(C)C)c1. The van der Waals surface area contributed by atoms with Crippen LogP contribution in [0, 0.1) is 5.41 Å². The van der Waals surface area contributed by atoms with Gasteiger partial charge in [-0.2, -0.15) is 0 Å². The van der Waals surface area contributed by atoms with Crippen molar-refractivity contribution in [2.75, 3.05) is 11.9 Å². The number of hydrogen-bond donors (Lipinski definition) is 2. The summed E-state index contributed by atoms with van der Waals surface area (Å²) >= 11 is 1.14.